The summed E-state index contributed by atoms with van der Waals surface area (Å²) in [5.41, 5.74) is 5.04. The zero-order valence-corrected chi connectivity index (χ0v) is 32.8. The van der Waals surface area contributed by atoms with Crippen molar-refractivity contribution in [1.82, 2.24) is 0 Å². The maximum absolute atomic E-state index is 2.45. The molecule has 2 aromatic heterocycles. The van der Waals surface area contributed by atoms with Crippen molar-refractivity contribution in [2.75, 3.05) is 0 Å². The van der Waals surface area contributed by atoms with E-state index in [0.717, 1.165) is 0 Å². The molecule has 0 aliphatic carbocycles. The Labute approximate surface area is 340 Å². The second-order valence-corrected chi connectivity index (χ2v) is 18.1. The van der Waals surface area contributed by atoms with Gasteiger partial charge < -0.3 is 0 Å². The van der Waals surface area contributed by atoms with E-state index in [0.29, 0.717) is 0 Å². The fourth-order valence-electron chi connectivity index (χ4n) is 10.4. The van der Waals surface area contributed by atoms with Crippen molar-refractivity contribution in [3.05, 3.63) is 182 Å². The fourth-order valence-corrected chi connectivity index (χ4v) is 12.6. The Balaban J connectivity index is 0.953. The van der Waals surface area contributed by atoms with Crippen molar-refractivity contribution in [2.45, 2.75) is 0 Å². The molecule has 12 aromatic carbocycles. The Morgan fingerprint density at radius 2 is 0.690 bits per heavy atom. The predicted octanol–water partition coefficient (Wildman–Crippen LogP) is 17.3. The zero-order chi connectivity index (χ0) is 37.6. The lowest BCUT2D eigenvalue weighted by molar-refractivity contribution is 1.71. The van der Waals surface area contributed by atoms with Gasteiger partial charge in [-0.2, -0.15) is 0 Å². The number of thiophene rings is 2. The highest BCUT2D eigenvalue weighted by Crippen LogP contribution is 2.46. The average molecular weight is 767 g/mol. The van der Waals surface area contributed by atoms with E-state index >= 15 is 0 Å². The highest BCUT2D eigenvalue weighted by molar-refractivity contribution is 7.26. The first kappa shape index (κ1) is 31.3. The maximum atomic E-state index is 2.45. The molecule has 266 valence electrons. The van der Waals surface area contributed by atoms with Crippen molar-refractivity contribution in [3.8, 4) is 22.3 Å². The Hall–Kier alpha value is -6.84. The van der Waals surface area contributed by atoms with Crippen LogP contribution < -0.4 is 0 Å². The van der Waals surface area contributed by atoms with E-state index in [1.807, 2.05) is 22.7 Å². The van der Waals surface area contributed by atoms with Crippen molar-refractivity contribution in [1.29, 1.82) is 0 Å². The monoisotopic (exact) mass is 766 g/mol. The van der Waals surface area contributed by atoms with Crippen LogP contribution in [0.3, 0.4) is 0 Å². The molecule has 0 unspecified atom stereocenters. The molecule has 0 aliphatic rings. The summed E-state index contributed by atoms with van der Waals surface area (Å²) >= 11 is 3.78. The second kappa shape index (κ2) is 11.4. The van der Waals surface area contributed by atoms with Crippen LogP contribution in [0.1, 0.15) is 0 Å². The van der Waals surface area contributed by atoms with Gasteiger partial charge in [0.05, 0.1) is 0 Å². The van der Waals surface area contributed by atoms with Gasteiger partial charge in [0, 0.05) is 40.3 Å². The van der Waals surface area contributed by atoms with Crippen molar-refractivity contribution >= 4 is 138 Å². The van der Waals surface area contributed by atoms with Gasteiger partial charge in [0.15, 0.2) is 0 Å². The maximum Gasteiger partial charge on any atom is 0.0362 e. The Kier molecular flexibility index (Phi) is 6.14. The van der Waals surface area contributed by atoms with Gasteiger partial charge in [-0.3, -0.25) is 0 Å². The highest BCUT2D eigenvalue weighted by Gasteiger charge is 2.18. The quantitative estimate of drug-likeness (QED) is 0.121. The van der Waals surface area contributed by atoms with Gasteiger partial charge in [0.1, 0.15) is 0 Å². The summed E-state index contributed by atoms with van der Waals surface area (Å²) in [7, 11) is 0. The van der Waals surface area contributed by atoms with Crippen LogP contribution in [-0.2, 0) is 0 Å². The molecule has 2 heteroatoms. The molecule has 0 N–H and O–H groups in total. The molecule has 0 saturated carbocycles. The normalized spacial score (nSPS) is 12.5. The van der Waals surface area contributed by atoms with Gasteiger partial charge in [-0.05, 0) is 146 Å². The first-order valence-corrected chi connectivity index (χ1v) is 21.6. The molecular weight excluding hydrogens is 737 g/mol. The lowest BCUT2D eigenvalue weighted by Gasteiger charge is -2.16. The highest BCUT2D eigenvalue weighted by atomic mass is 32.1. The van der Waals surface area contributed by atoms with Crippen LogP contribution in [-0.4, -0.2) is 0 Å². The first-order chi connectivity index (χ1) is 28.7. The van der Waals surface area contributed by atoms with Crippen LogP contribution in [0, 0.1) is 0 Å². The zero-order valence-electron chi connectivity index (χ0n) is 31.1. The lowest BCUT2D eigenvalue weighted by Crippen LogP contribution is -1.89. The van der Waals surface area contributed by atoms with Crippen LogP contribution in [0.25, 0.3) is 138 Å². The summed E-state index contributed by atoms with van der Waals surface area (Å²) in [6, 6.07) is 69.0. The third kappa shape index (κ3) is 4.18. The van der Waals surface area contributed by atoms with E-state index in [-0.39, 0.29) is 0 Å². The Bertz CT molecular complexity index is 4030. The van der Waals surface area contributed by atoms with Crippen molar-refractivity contribution < 1.29 is 0 Å². The molecular formula is C56H30S2. The SMILES string of the molecule is c1ccc2c(c1)sc1cc3c4ccccc4c4cc(-c5ccc6sc7ccc(-c8ccc9c%10cccc%11cccc(c%12cccc8c%129)c%11%10)cc7c6c5)ccc4c3cc12. The number of benzene rings is 12. The van der Waals surface area contributed by atoms with E-state index in [2.05, 4.69) is 182 Å². The minimum Gasteiger partial charge on any atom is -0.135 e. The van der Waals surface area contributed by atoms with E-state index in [9.17, 15) is 0 Å². The molecule has 0 radical (unpaired) electrons. The van der Waals surface area contributed by atoms with Gasteiger partial charge in [-0.25, -0.2) is 0 Å². The van der Waals surface area contributed by atoms with E-state index in [1.54, 1.807) is 0 Å². The minimum absolute atomic E-state index is 1.25. The van der Waals surface area contributed by atoms with Crippen LogP contribution in [0.4, 0.5) is 0 Å². The van der Waals surface area contributed by atoms with Crippen LogP contribution in [0.5, 0.6) is 0 Å². The fraction of sp³-hybridized carbons (Fsp3) is 0. The van der Waals surface area contributed by atoms with Crippen LogP contribution in [0.15, 0.2) is 182 Å². The second-order valence-electron chi connectivity index (χ2n) is 15.9. The average Bonchev–Trinajstić information content (AvgIpc) is 3.84. The van der Waals surface area contributed by atoms with E-state index in [1.165, 1.54) is 138 Å². The first-order valence-electron chi connectivity index (χ1n) is 20.0. The predicted molar refractivity (Wildman–Crippen MR) is 257 cm³/mol. The van der Waals surface area contributed by atoms with Gasteiger partial charge >= 0.3 is 0 Å². The van der Waals surface area contributed by atoms with Gasteiger partial charge in [0.2, 0.25) is 0 Å². The molecule has 0 nitrogen and oxygen atoms in total. The van der Waals surface area contributed by atoms with Gasteiger partial charge in [0.25, 0.3) is 0 Å². The van der Waals surface area contributed by atoms with Gasteiger partial charge in [-0.1, -0.05) is 133 Å². The third-order valence-corrected chi connectivity index (χ3v) is 15.3. The van der Waals surface area contributed by atoms with Crippen molar-refractivity contribution in [3.63, 3.8) is 0 Å². The summed E-state index contributed by atoms with van der Waals surface area (Å²) in [6.07, 6.45) is 0. The van der Waals surface area contributed by atoms with Crippen LogP contribution >= 0.6 is 22.7 Å². The topological polar surface area (TPSA) is 0 Å². The number of hydrogen-bond acceptors (Lipinski definition) is 2. The summed E-state index contributed by atoms with van der Waals surface area (Å²) in [5, 5.41) is 23.9. The van der Waals surface area contributed by atoms with Gasteiger partial charge in [-0.15, -0.1) is 22.7 Å². The molecule has 0 saturated heterocycles. The Morgan fingerprint density at radius 1 is 0.224 bits per heavy atom. The number of rotatable bonds is 2. The largest absolute Gasteiger partial charge is 0.135 e. The summed E-state index contributed by atoms with van der Waals surface area (Å²) in [6.45, 7) is 0. The number of fused-ring (bicyclic) bond motifs is 14. The van der Waals surface area contributed by atoms with E-state index < -0.39 is 0 Å². The molecule has 14 aromatic rings. The molecule has 0 aliphatic heterocycles. The summed E-state index contributed by atoms with van der Waals surface area (Å²) in [5.74, 6) is 0. The lowest BCUT2D eigenvalue weighted by atomic mass is 9.87. The molecule has 2 heterocycles. The molecule has 14 rings (SSSR count). The molecule has 0 bridgehead atoms. The molecule has 0 fully saturated rings. The standard InChI is InChI=1S/C56H30S2/c1-2-11-37-36(10-1)45-26-32(18-21-38(45)46-29-50-39-12-3-4-17-51(39)58-54(50)30-47(37)46)33-19-24-52-48(27-33)49-28-34(20-25-53(49)57-52)35-22-23-44-42-14-6-9-31-8-5-13-41(55(31)42)43-16-7-15-40(35)56(43)44/h1-30H. The third-order valence-electron chi connectivity index (χ3n) is 13.0. The molecule has 0 spiro atoms. The number of hydrogen-bond donors (Lipinski definition) is 0. The molecule has 0 atom stereocenters. The van der Waals surface area contributed by atoms with E-state index in [4.69, 9.17) is 0 Å². The summed E-state index contributed by atoms with van der Waals surface area (Å²) in [4.78, 5) is 0. The molecule has 0 amide bonds. The van der Waals surface area contributed by atoms with Crippen molar-refractivity contribution in [2.24, 2.45) is 0 Å². The van der Waals surface area contributed by atoms with Crippen LogP contribution in [0.2, 0.25) is 0 Å². The molecule has 58 heavy (non-hydrogen) atoms. The smallest absolute Gasteiger partial charge is 0.0362 e. The minimum atomic E-state index is 1.25. The summed E-state index contributed by atoms with van der Waals surface area (Å²) < 4.78 is 5.34. The Morgan fingerprint density at radius 3 is 1.47 bits per heavy atom.